The van der Waals surface area contributed by atoms with Crippen LogP contribution in [0.15, 0.2) is 0 Å². The number of nitrogens with one attached hydrogen (secondary N) is 1. The van der Waals surface area contributed by atoms with Gasteiger partial charge in [0.25, 0.3) is 0 Å². The largest absolute Gasteiger partial charge is 0.480 e. The van der Waals surface area contributed by atoms with Crippen LogP contribution < -0.4 is 11.1 Å². The highest BCUT2D eigenvalue weighted by Gasteiger charge is 2.09. The van der Waals surface area contributed by atoms with Crippen LogP contribution in [0.4, 0.5) is 0 Å². The fourth-order valence-electron chi connectivity index (χ4n) is 0.527. The van der Waals surface area contributed by atoms with E-state index >= 15 is 0 Å². The molecular formula is C6H12N2O3. The van der Waals surface area contributed by atoms with Crippen molar-refractivity contribution in [3.63, 3.8) is 0 Å². The van der Waals surface area contributed by atoms with Gasteiger partial charge >= 0.3 is 5.97 Å². The molecule has 0 fully saturated rings. The molecule has 0 aliphatic rings. The maximum absolute atomic E-state index is 10.3. The van der Waals surface area contributed by atoms with Crippen LogP contribution in [0.25, 0.3) is 0 Å². The minimum absolute atomic E-state index is 0.178. The van der Waals surface area contributed by atoms with Crippen molar-refractivity contribution in [2.24, 2.45) is 5.73 Å². The number of carboxylic acids is 1. The molecule has 0 aromatic heterocycles. The lowest BCUT2D eigenvalue weighted by atomic mass is 10.2. The summed E-state index contributed by atoms with van der Waals surface area (Å²) in [6.45, 7) is 1.68. The van der Waals surface area contributed by atoms with Crippen molar-refractivity contribution in [3.05, 3.63) is 0 Å². The average molecular weight is 160 g/mol. The van der Waals surface area contributed by atoms with Crippen LogP contribution in [-0.4, -0.2) is 29.6 Å². The molecule has 64 valence electrons. The van der Waals surface area contributed by atoms with Gasteiger partial charge < -0.3 is 16.2 Å². The summed E-state index contributed by atoms with van der Waals surface area (Å²) in [5.74, 6) is -1.22. The van der Waals surface area contributed by atoms with Crippen molar-refractivity contribution in [2.75, 3.05) is 6.54 Å². The van der Waals surface area contributed by atoms with Crippen LogP contribution in [0.2, 0.25) is 0 Å². The topological polar surface area (TPSA) is 92.4 Å². The molecule has 5 nitrogen and oxygen atoms in total. The molecule has 11 heavy (non-hydrogen) atoms. The summed E-state index contributed by atoms with van der Waals surface area (Å²) in [6.07, 6.45) is 0.259. The molecule has 0 aromatic carbocycles. The van der Waals surface area contributed by atoms with E-state index in [-0.39, 0.29) is 12.3 Å². The van der Waals surface area contributed by atoms with Gasteiger partial charge in [-0.1, -0.05) is 0 Å². The second kappa shape index (κ2) is 4.68. The maximum Gasteiger partial charge on any atom is 0.320 e. The van der Waals surface area contributed by atoms with Gasteiger partial charge in [0.1, 0.15) is 6.04 Å². The molecular weight excluding hydrogens is 148 g/mol. The van der Waals surface area contributed by atoms with Gasteiger partial charge in [-0.3, -0.25) is 9.59 Å². The highest BCUT2D eigenvalue weighted by atomic mass is 16.4. The quantitative estimate of drug-likeness (QED) is 0.488. The Hall–Kier alpha value is -1.10. The molecule has 4 N–H and O–H groups in total. The minimum atomic E-state index is -1.05. The Morgan fingerprint density at radius 2 is 2.18 bits per heavy atom. The van der Waals surface area contributed by atoms with Crippen LogP contribution in [-0.2, 0) is 9.59 Å². The van der Waals surface area contributed by atoms with Crippen molar-refractivity contribution in [3.8, 4) is 0 Å². The highest BCUT2D eigenvalue weighted by molar-refractivity contribution is 5.74. The first-order valence-electron chi connectivity index (χ1n) is 3.27. The predicted molar refractivity (Wildman–Crippen MR) is 38.9 cm³/mol. The van der Waals surface area contributed by atoms with Crippen LogP contribution in [0.1, 0.15) is 13.3 Å². The number of aliphatic carboxylic acids is 1. The first-order chi connectivity index (χ1) is 5.04. The van der Waals surface area contributed by atoms with E-state index in [1.54, 1.807) is 0 Å². The molecule has 0 aromatic rings. The first-order valence-corrected chi connectivity index (χ1v) is 3.27. The molecule has 1 amide bonds. The van der Waals surface area contributed by atoms with Gasteiger partial charge in [0.2, 0.25) is 5.91 Å². The molecule has 0 radical (unpaired) electrons. The van der Waals surface area contributed by atoms with Crippen LogP contribution >= 0.6 is 0 Å². The third-order valence-electron chi connectivity index (χ3n) is 1.15. The van der Waals surface area contributed by atoms with E-state index < -0.39 is 12.0 Å². The molecule has 1 unspecified atom stereocenters. The Kier molecular flexibility index (Phi) is 4.21. The van der Waals surface area contributed by atoms with Gasteiger partial charge in [-0.25, -0.2) is 0 Å². The van der Waals surface area contributed by atoms with Gasteiger partial charge in [-0.2, -0.15) is 0 Å². The first kappa shape index (κ1) is 9.90. The predicted octanol–water partition coefficient (Wildman–Crippen LogP) is -1.08. The summed E-state index contributed by atoms with van der Waals surface area (Å²) in [4.78, 5) is 20.4. The summed E-state index contributed by atoms with van der Waals surface area (Å²) >= 11 is 0. The molecule has 0 heterocycles. The van der Waals surface area contributed by atoms with E-state index in [2.05, 4.69) is 5.32 Å². The Morgan fingerprint density at radius 3 is 2.55 bits per heavy atom. The van der Waals surface area contributed by atoms with Gasteiger partial charge in [-0.05, 0) is 6.42 Å². The summed E-state index contributed by atoms with van der Waals surface area (Å²) in [5.41, 5.74) is 5.15. The molecule has 0 aliphatic carbocycles. The van der Waals surface area contributed by atoms with E-state index in [9.17, 15) is 9.59 Å². The van der Waals surface area contributed by atoms with E-state index in [0.717, 1.165) is 0 Å². The Bertz CT molecular complexity index is 158. The molecule has 0 bridgehead atoms. The second-order valence-corrected chi connectivity index (χ2v) is 2.22. The van der Waals surface area contributed by atoms with E-state index in [1.165, 1.54) is 6.92 Å². The van der Waals surface area contributed by atoms with Gasteiger partial charge in [0.15, 0.2) is 0 Å². The average Bonchev–Trinajstić information content (AvgIpc) is 1.86. The fourth-order valence-corrected chi connectivity index (χ4v) is 0.527. The Labute approximate surface area is 64.6 Å². The number of carbonyl (C=O) groups is 2. The van der Waals surface area contributed by atoms with E-state index in [4.69, 9.17) is 10.8 Å². The molecule has 0 spiro atoms. The zero-order chi connectivity index (χ0) is 8.85. The molecule has 0 aliphatic heterocycles. The Balaban J connectivity index is 3.39. The molecule has 0 saturated carbocycles. The SMILES string of the molecule is CC(=O)NCCC(N)C(=O)O. The van der Waals surface area contributed by atoms with Crippen molar-refractivity contribution >= 4 is 11.9 Å². The zero-order valence-corrected chi connectivity index (χ0v) is 6.33. The van der Waals surface area contributed by atoms with Crippen LogP contribution in [0.3, 0.4) is 0 Å². The number of hydrogen-bond donors (Lipinski definition) is 3. The maximum atomic E-state index is 10.3. The fraction of sp³-hybridized carbons (Fsp3) is 0.667. The van der Waals surface area contributed by atoms with Crippen LogP contribution in [0.5, 0.6) is 0 Å². The number of rotatable bonds is 4. The lowest BCUT2D eigenvalue weighted by molar-refractivity contribution is -0.138. The molecule has 1 atom stereocenters. The lowest BCUT2D eigenvalue weighted by Crippen LogP contribution is -2.34. The second-order valence-electron chi connectivity index (χ2n) is 2.22. The third kappa shape index (κ3) is 5.35. The van der Waals surface area contributed by atoms with E-state index in [0.29, 0.717) is 6.54 Å². The molecule has 0 saturated heterocycles. The van der Waals surface area contributed by atoms with Crippen molar-refractivity contribution in [1.82, 2.24) is 5.32 Å². The van der Waals surface area contributed by atoms with Gasteiger partial charge in [-0.15, -0.1) is 0 Å². The number of nitrogens with two attached hydrogens (primary N) is 1. The molecule has 5 heteroatoms. The van der Waals surface area contributed by atoms with Gasteiger partial charge in [0.05, 0.1) is 0 Å². The lowest BCUT2D eigenvalue weighted by Gasteiger charge is -2.05. The Morgan fingerprint density at radius 1 is 1.64 bits per heavy atom. The van der Waals surface area contributed by atoms with Crippen molar-refractivity contribution in [2.45, 2.75) is 19.4 Å². The van der Waals surface area contributed by atoms with E-state index in [1.807, 2.05) is 0 Å². The highest BCUT2D eigenvalue weighted by Crippen LogP contribution is 1.85. The summed E-state index contributed by atoms with van der Waals surface area (Å²) in [6, 6.07) is -0.887. The monoisotopic (exact) mass is 160 g/mol. The van der Waals surface area contributed by atoms with Crippen molar-refractivity contribution in [1.29, 1.82) is 0 Å². The van der Waals surface area contributed by atoms with Crippen molar-refractivity contribution < 1.29 is 14.7 Å². The number of hydrogen-bond acceptors (Lipinski definition) is 3. The summed E-state index contributed by atoms with van der Waals surface area (Å²) < 4.78 is 0. The zero-order valence-electron chi connectivity index (χ0n) is 6.33. The van der Waals surface area contributed by atoms with Gasteiger partial charge in [0, 0.05) is 13.5 Å². The molecule has 0 rings (SSSR count). The number of amides is 1. The minimum Gasteiger partial charge on any atom is -0.480 e. The third-order valence-corrected chi connectivity index (χ3v) is 1.15. The number of carbonyl (C=O) groups excluding carboxylic acids is 1. The smallest absolute Gasteiger partial charge is 0.320 e. The summed E-state index contributed by atoms with van der Waals surface area (Å²) in [5, 5.41) is 10.8. The van der Waals surface area contributed by atoms with Crippen LogP contribution in [0, 0.1) is 0 Å². The standard InChI is InChI=1S/C6H12N2O3/c1-4(9)8-3-2-5(7)6(10)11/h5H,2-3,7H2,1H3,(H,8,9)(H,10,11). The normalized spacial score (nSPS) is 12.2. The number of carboxylic acid groups (broad SMARTS) is 1. The summed E-state index contributed by atoms with van der Waals surface area (Å²) in [7, 11) is 0.